The number of carbonyl (C=O) groups excluding carboxylic acids is 2. The lowest BCUT2D eigenvalue weighted by Crippen LogP contribution is -2.43. The summed E-state index contributed by atoms with van der Waals surface area (Å²) in [5.41, 5.74) is 0. The number of esters is 2. The Morgan fingerprint density at radius 3 is 2.06 bits per heavy atom. The van der Waals surface area contributed by atoms with Crippen molar-refractivity contribution in [1.29, 1.82) is 0 Å². The molecule has 0 aliphatic heterocycles. The van der Waals surface area contributed by atoms with Crippen LogP contribution < -0.4 is 0 Å². The van der Waals surface area contributed by atoms with Gasteiger partial charge in [-0.3, -0.25) is 0 Å². The summed E-state index contributed by atoms with van der Waals surface area (Å²) in [6.45, 7) is 7.44. The molecule has 0 atom stereocenters. The monoisotopic (exact) mass is 306 g/mol. The van der Waals surface area contributed by atoms with E-state index in [0.29, 0.717) is 12.8 Å². The van der Waals surface area contributed by atoms with Crippen LogP contribution in [0.4, 0.5) is 0 Å². The molecule has 0 aromatic heterocycles. The minimum atomic E-state index is -1.39. The number of hydrogen-bond acceptors (Lipinski definition) is 4. The van der Waals surface area contributed by atoms with Crippen LogP contribution in [0, 0.1) is 0 Å². The molecule has 0 aromatic carbocycles. The van der Waals surface area contributed by atoms with Crippen LogP contribution in [0.2, 0.25) is 0 Å². The minimum absolute atomic E-state index is 0.229. The molecule has 0 radical (unpaired) electrons. The lowest BCUT2D eigenvalue weighted by Gasteiger charge is -2.22. The fraction of sp³-hybridized carbons (Fsp3) is 0.667. The third kappa shape index (κ3) is 4.89. The Labute approximate surface area is 110 Å². The first kappa shape index (κ1) is 16.2. The Kier molecular flexibility index (Phi) is 7.87. The van der Waals surface area contributed by atoms with E-state index in [2.05, 4.69) is 22.5 Å². The van der Waals surface area contributed by atoms with Gasteiger partial charge in [-0.05, 0) is 33.1 Å². The number of unbranched alkanes of at least 4 members (excludes halogenated alkanes) is 1. The van der Waals surface area contributed by atoms with Gasteiger partial charge in [-0.25, -0.2) is 9.59 Å². The van der Waals surface area contributed by atoms with E-state index in [1.54, 1.807) is 19.9 Å². The SMILES string of the molecule is C=CCCCC(Br)(C(=O)OCC)C(=O)OCC. The van der Waals surface area contributed by atoms with Gasteiger partial charge in [-0.2, -0.15) is 0 Å². The molecule has 5 heteroatoms. The van der Waals surface area contributed by atoms with E-state index in [-0.39, 0.29) is 13.2 Å². The van der Waals surface area contributed by atoms with Crippen LogP contribution in [0.3, 0.4) is 0 Å². The molecule has 0 amide bonds. The van der Waals surface area contributed by atoms with Crippen molar-refractivity contribution in [1.82, 2.24) is 0 Å². The van der Waals surface area contributed by atoms with E-state index in [1.807, 2.05) is 0 Å². The van der Waals surface area contributed by atoms with Gasteiger partial charge in [0.25, 0.3) is 0 Å². The molecule has 98 valence electrons. The minimum Gasteiger partial charge on any atom is -0.465 e. The molecular formula is C12H19BrO4. The zero-order valence-corrected chi connectivity index (χ0v) is 11.9. The fourth-order valence-corrected chi connectivity index (χ4v) is 1.78. The quantitative estimate of drug-likeness (QED) is 0.227. The molecule has 0 N–H and O–H groups in total. The number of carbonyl (C=O) groups is 2. The number of rotatable bonds is 8. The van der Waals surface area contributed by atoms with Crippen molar-refractivity contribution in [2.75, 3.05) is 13.2 Å². The molecule has 0 aliphatic rings. The van der Waals surface area contributed by atoms with Gasteiger partial charge in [0, 0.05) is 0 Å². The van der Waals surface area contributed by atoms with Crippen molar-refractivity contribution in [2.45, 2.75) is 37.4 Å². The Morgan fingerprint density at radius 1 is 1.24 bits per heavy atom. The van der Waals surface area contributed by atoms with Gasteiger partial charge in [0.1, 0.15) is 0 Å². The second-order valence-corrected chi connectivity index (χ2v) is 4.78. The van der Waals surface area contributed by atoms with E-state index < -0.39 is 16.3 Å². The van der Waals surface area contributed by atoms with E-state index in [0.717, 1.165) is 6.42 Å². The first-order valence-electron chi connectivity index (χ1n) is 5.67. The molecule has 17 heavy (non-hydrogen) atoms. The number of hydrogen-bond donors (Lipinski definition) is 0. The van der Waals surface area contributed by atoms with Crippen molar-refractivity contribution in [3.8, 4) is 0 Å². The summed E-state index contributed by atoms with van der Waals surface area (Å²) >= 11 is 3.17. The van der Waals surface area contributed by atoms with E-state index in [1.165, 1.54) is 0 Å². The topological polar surface area (TPSA) is 52.6 Å². The third-order valence-corrected chi connectivity index (χ3v) is 3.17. The van der Waals surface area contributed by atoms with Crippen molar-refractivity contribution in [3.05, 3.63) is 12.7 Å². The third-order valence-electron chi connectivity index (χ3n) is 2.13. The molecule has 4 nitrogen and oxygen atoms in total. The second-order valence-electron chi connectivity index (χ2n) is 3.42. The van der Waals surface area contributed by atoms with Crippen LogP contribution in [0.15, 0.2) is 12.7 Å². The van der Waals surface area contributed by atoms with Gasteiger partial charge in [-0.15, -0.1) is 6.58 Å². The van der Waals surface area contributed by atoms with Crippen LogP contribution in [0.5, 0.6) is 0 Å². The number of ether oxygens (including phenoxy) is 2. The Hall–Kier alpha value is -0.840. The maximum Gasteiger partial charge on any atom is 0.334 e. The summed E-state index contributed by atoms with van der Waals surface area (Å²) in [6, 6.07) is 0. The van der Waals surface area contributed by atoms with Gasteiger partial charge in [0.15, 0.2) is 0 Å². The normalized spacial score (nSPS) is 10.8. The molecule has 0 saturated heterocycles. The molecule has 0 saturated carbocycles. The summed E-state index contributed by atoms with van der Waals surface area (Å²) in [5.74, 6) is -1.19. The highest BCUT2D eigenvalue weighted by Gasteiger charge is 2.45. The van der Waals surface area contributed by atoms with E-state index in [9.17, 15) is 9.59 Å². The van der Waals surface area contributed by atoms with Gasteiger partial charge in [-0.1, -0.05) is 22.0 Å². The maximum absolute atomic E-state index is 11.8. The fourth-order valence-electron chi connectivity index (χ4n) is 1.27. The summed E-state index contributed by atoms with van der Waals surface area (Å²) in [4.78, 5) is 23.6. The van der Waals surface area contributed by atoms with Crippen molar-refractivity contribution in [2.24, 2.45) is 0 Å². The maximum atomic E-state index is 11.8. The first-order chi connectivity index (χ1) is 8.02. The van der Waals surface area contributed by atoms with Crippen LogP contribution in [-0.4, -0.2) is 29.5 Å². The van der Waals surface area contributed by atoms with Crippen molar-refractivity contribution >= 4 is 27.9 Å². The first-order valence-corrected chi connectivity index (χ1v) is 6.46. The molecule has 0 heterocycles. The molecule has 0 aromatic rings. The van der Waals surface area contributed by atoms with Gasteiger partial charge in [0.2, 0.25) is 4.32 Å². The summed E-state index contributed by atoms with van der Waals surface area (Å²) < 4.78 is 8.40. The predicted molar refractivity (Wildman–Crippen MR) is 69.0 cm³/mol. The van der Waals surface area contributed by atoms with Gasteiger partial charge < -0.3 is 9.47 Å². The predicted octanol–water partition coefficient (Wildman–Crippen LogP) is 2.60. The zero-order valence-electron chi connectivity index (χ0n) is 10.3. The average molecular weight is 307 g/mol. The second kappa shape index (κ2) is 8.28. The molecular weight excluding hydrogens is 288 g/mol. The van der Waals surface area contributed by atoms with Crippen LogP contribution in [0.25, 0.3) is 0 Å². The highest BCUT2D eigenvalue weighted by molar-refractivity contribution is 9.10. The molecule has 0 aliphatic carbocycles. The number of halogens is 1. The summed E-state index contributed by atoms with van der Waals surface area (Å²) in [5, 5.41) is 0. The van der Waals surface area contributed by atoms with Gasteiger partial charge >= 0.3 is 11.9 Å². The molecule has 0 fully saturated rings. The van der Waals surface area contributed by atoms with Crippen LogP contribution in [0.1, 0.15) is 33.1 Å². The Balaban J connectivity index is 4.72. The van der Waals surface area contributed by atoms with Crippen molar-refractivity contribution < 1.29 is 19.1 Å². The van der Waals surface area contributed by atoms with E-state index in [4.69, 9.17) is 9.47 Å². The number of alkyl halides is 1. The summed E-state index contributed by atoms with van der Waals surface area (Å²) in [6.07, 6.45) is 3.46. The van der Waals surface area contributed by atoms with Crippen molar-refractivity contribution in [3.63, 3.8) is 0 Å². The molecule has 0 unspecified atom stereocenters. The Bertz CT molecular complexity index is 258. The Morgan fingerprint density at radius 2 is 1.71 bits per heavy atom. The van der Waals surface area contributed by atoms with Crippen LogP contribution in [-0.2, 0) is 19.1 Å². The highest BCUT2D eigenvalue weighted by atomic mass is 79.9. The zero-order chi connectivity index (χ0) is 13.3. The molecule has 0 bridgehead atoms. The largest absolute Gasteiger partial charge is 0.465 e. The van der Waals surface area contributed by atoms with Gasteiger partial charge in [0.05, 0.1) is 13.2 Å². The van der Waals surface area contributed by atoms with Crippen LogP contribution >= 0.6 is 15.9 Å². The standard InChI is InChI=1S/C12H19BrO4/c1-4-7-8-9-12(13,10(14)16-5-2)11(15)17-6-3/h4H,1,5-9H2,2-3H3. The number of allylic oxidation sites excluding steroid dienone is 1. The molecule has 0 rings (SSSR count). The lowest BCUT2D eigenvalue weighted by molar-refractivity contribution is -0.158. The smallest absolute Gasteiger partial charge is 0.334 e. The average Bonchev–Trinajstić information content (AvgIpc) is 2.29. The van der Waals surface area contributed by atoms with E-state index >= 15 is 0 Å². The lowest BCUT2D eigenvalue weighted by atomic mass is 10.0. The molecule has 0 spiro atoms. The summed E-state index contributed by atoms with van der Waals surface area (Å²) in [7, 11) is 0. The highest BCUT2D eigenvalue weighted by Crippen LogP contribution is 2.29.